The van der Waals surface area contributed by atoms with Gasteiger partial charge in [-0.15, -0.1) is 0 Å². The SMILES string of the molecule is CC(=O)/C=C(/C)O.FC(F)(c1[c-]cccc1)c1ccccn1.[Ir]. The molecule has 6 heteroatoms. The summed E-state index contributed by atoms with van der Waals surface area (Å²) < 4.78 is 27.6. The van der Waals surface area contributed by atoms with Gasteiger partial charge in [-0.2, -0.15) is 39.1 Å². The van der Waals surface area contributed by atoms with Crippen LogP contribution in [-0.2, 0) is 30.8 Å². The molecule has 0 atom stereocenters. The molecule has 0 bridgehead atoms. The molecule has 2 aromatic rings. The average Bonchev–Trinajstić information content (AvgIpc) is 2.48. The van der Waals surface area contributed by atoms with Gasteiger partial charge in [0.2, 0.25) is 0 Å². The van der Waals surface area contributed by atoms with E-state index in [2.05, 4.69) is 11.1 Å². The molecule has 0 spiro atoms. The monoisotopic (exact) mass is 497 g/mol. The number of aliphatic hydroxyl groups excluding tert-OH is 1. The molecule has 0 aliphatic rings. The van der Waals surface area contributed by atoms with Gasteiger partial charge in [0.1, 0.15) is 5.69 Å². The van der Waals surface area contributed by atoms with Crippen LogP contribution in [0.2, 0.25) is 0 Å². The summed E-state index contributed by atoms with van der Waals surface area (Å²) in [6.07, 6.45) is 2.52. The summed E-state index contributed by atoms with van der Waals surface area (Å²) in [4.78, 5) is 13.7. The molecule has 3 nitrogen and oxygen atoms in total. The summed E-state index contributed by atoms with van der Waals surface area (Å²) in [5.74, 6) is -3.14. The van der Waals surface area contributed by atoms with E-state index in [4.69, 9.17) is 5.11 Å². The second kappa shape index (κ2) is 9.98. The maximum Gasteiger partial charge on any atom is 0.293 e. The van der Waals surface area contributed by atoms with Crippen molar-refractivity contribution in [2.45, 2.75) is 19.8 Å². The Kier molecular flexibility index (Phi) is 9.15. The molecule has 1 radical (unpaired) electrons. The minimum Gasteiger partial charge on any atom is -0.512 e. The van der Waals surface area contributed by atoms with Gasteiger partial charge in [0.05, 0.1) is 5.76 Å². The predicted molar refractivity (Wildman–Crippen MR) is 79.6 cm³/mol. The van der Waals surface area contributed by atoms with Gasteiger partial charge in [-0.3, -0.25) is 9.78 Å². The molecular weight excluding hydrogens is 480 g/mol. The molecule has 23 heavy (non-hydrogen) atoms. The zero-order valence-electron chi connectivity index (χ0n) is 12.6. The van der Waals surface area contributed by atoms with Crippen molar-refractivity contribution < 1.29 is 38.8 Å². The fourth-order valence-electron chi connectivity index (χ4n) is 1.57. The normalized spacial score (nSPS) is 10.9. The third kappa shape index (κ3) is 7.26. The van der Waals surface area contributed by atoms with Crippen LogP contribution in [0.15, 0.2) is 60.5 Å². The van der Waals surface area contributed by atoms with Gasteiger partial charge in [-0.1, -0.05) is 11.6 Å². The number of hydrogen-bond acceptors (Lipinski definition) is 3. The van der Waals surface area contributed by atoms with E-state index in [-0.39, 0.29) is 42.9 Å². The summed E-state index contributed by atoms with van der Waals surface area (Å²) in [6.45, 7) is 2.85. The first kappa shape index (κ1) is 21.1. The number of pyridine rings is 1. The van der Waals surface area contributed by atoms with Gasteiger partial charge in [0.15, 0.2) is 5.78 Å². The molecular formula is C17H16F2IrNO2-. The molecule has 0 aliphatic heterocycles. The van der Waals surface area contributed by atoms with Crippen LogP contribution < -0.4 is 0 Å². The molecule has 1 aromatic heterocycles. The number of aromatic nitrogens is 1. The van der Waals surface area contributed by atoms with Crippen molar-refractivity contribution >= 4 is 5.78 Å². The first-order valence-corrected chi connectivity index (χ1v) is 6.48. The summed E-state index contributed by atoms with van der Waals surface area (Å²) in [5.41, 5.74) is -0.420. The van der Waals surface area contributed by atoms with Crippen molar-refractivity contribution in [3.8, 4) is 0 Å². The van der Waals surface area contributed by atoms with Crippen LogP contribution in [0.3, 0.4) is 0 Å². The molecule has 0 saturated carbocycles. The van der Waals surface area contributed by atoms with Crippen LogP contribution >= 0.6 is 0 Å². The van der Waals surface area contributed by atoms with Crippen LogP contribution in [0, 0.1) is 6.07 Å². The molecule has 2 rings (SSSR count). The number of alkyl halides is 2. The second-order valence-corrected chi connectivity index (χ2v) is 4.46. The number of carbonyl (C=O) groups is 1. The smallest absolute Gasteiger partial charge is 0.293 e. The number of carbonyl (C=O) groups excluding carboxylic acids is 1. The number of halogens is 2. The number of nitrogens with zero attached hydrogens (tertiary/aromatic N) is 1. The van der Waals surface area contributed by atoms with Gasteiger partial charge in [0.25, 0.3) is 5.92 Å². The summed E-state index contributed by atoms with van der Waals surface area (Å²) >= 11 is 0. The maximum absolute atomic E-state index is 13.8. The predicted octanol–water partition coefficient (Wildman–Crippen LogP) is 4.06. The number of benzene rings is 1. The molecule has 0 unspecified atom stereocenters. The molecule has 0 amide bonds. The van der Waals surface area contributed by atoms with Crippen LogP contribution in [0.5, 0.6) is 0 Å². The van der Waals surface area contributed by atoms with Crippen molar-refractivity contribution in [1.82, 2.24) is 4.98 Å². The third-order valence-corrected chi connectivity index (χ3v) is 2.45. The van der Waals surface area contributed by atoms with Crippen molar-refractivity contribution in [3.05, 3.63) is 77.8 Å². The van der Waals surface area contributed by atoms with Crippen LogP contribution in [0.25, 0.3) is 0 Å². The minimum atomic E-state index is -3.08. The largest absolute Gasteiger partial charge is 0.512 e. The maximum atomic E-state index is 13.8. The minimum absolute atomic E-state index is 0. The summed E-state index contributed by atoms with van der Waals surface area (Å²) in [5, 5.41) is 8.36. The topological polar surface area (TPSA) is 50.2 Å². The van der Waals surface area contributed by atoms with E-state index in [1.54, 1.807) is 24.3 Å². The molecule has 0 fully saturated rings. The number of ketones is 1. The Hall–Kier alpha value is -1.91. The molecule has 1 N–H and O–H groups in total. The molecule has 1 heterocycles. The quantitative estimate of drug-likeness (QED) is 0.396. The van der Waals surface area contributed by atoms with E-state index < -0.39 is 5.92 Å². The Morgan fingerprint density at radius 2 is 1.87 bits per heavy atom. The summed E-state index contributed by atoms with van der Waals surface area (Å²) in [7, 11) is 0. The molecule has 0 saturated heterocycles. The number of aliphatic hydroxyl groups is 1. The number of hydrogen-bond donors (Lipinski definition) is 1. The standard InChI is InChI=1S/C12H8F2N.C5H8O2.Ir/c13-12(14,10-6-2-1-3-7-10)11-8-4-5-9-15-11;1-4(6)3-5(2)7;/h1-6,8-9H;3,6H,1-2H3;/q-1;;/b;4-3-;. The summed E-state index contributed by atoms with van der Waals surface area (Å²) in [6, 6.07) is 13.0. The Morgan fingerprint density at radius 1 is 1.22 bits per heavy atom. The van der Waals surface area contributed by atoms with Gasteiger partial charge >= 0.3 is 0 Å². The van der Waals surface area contributed by atoms with E-state index in [0.29, 0.717) is 0 Å². The zero-order valence-corrected chi connectivity index (χ0v) is 15.0. The van der Waals surface area contributed by atoms with E-state index in [1.807, 2.05) is 0 Å². The Bertz CT molecular complexity index is 586. The third-order valence-electron chi connectivity index (χ3n) is 2.45. The van der Waals surface area contributed by atoms with Crippen molar-refractivity contribution in [2.24, 2.45) is 0 Å². The van der Waals surface area contributed by atoms with Gasteiger partial charge < -0.3 is 5.11 Å². The van der Waals surface area contributed by atoms with E-state index in [0.717, 1.165) is 0 Å². The Balaban J connectivity index is 0.000000522. The Morgan fingerprint density at radius 3 is 2.26 bits per heavy atom. The van der Waals surface area contributed by atoms with Crippen molar-refractivity contribution in [2.75, 3.05) is 0 Å². The average molecular weight is 497 g/mol. The van der Waals surface area contributed by atoms with Crippen LogP contribution in [0.4, 0.5) is 8.78 Å². The van der Waals surface area contributed by atoms with Gasteiger partial charge in [-0.05, 0) is 26.0 Å². The first-order chi connectivity index (χ1) is 10.3. The van der Waals surface area contributed by atoms with E-state index in [9.17, 15) is 13.6 Å². The van der Waals surface area contributed by atoms with E-state index >= 15 is 0 Å². The number of allylic oxidation sites excluding steroid dienone is 2. The second-order valence-electron chi connectivity index (χ2n) is 4.46. The van der Waals surface area contributed by atoms with Gasteiger partial charge in [-0.25, -0.2) is 0 Å². The number of rotatable bonds is 3. The van der Waals surface area contributed by atoms with E-state index in [1.165, 1.54) is 44.3 Å². The molecule has 125 valence electrons. The Labute approximate surface area is 147 Å². The zero-order chi connectivity index (χ0) is 16.6. The fourth-order valence-corrected chi connectivity index (χ4v) is 1.57. The van der Waals surface area contributed by atoms with Crippen LogP contribution in [0.1, 0.15) is 25.1 Å². The fraction of sp³-hybridized carbons (Fsp3) is 0.176. The van der Waals surface area contributed by atoms with Gasteiger partial charge in [0, 0.05) is 32.4 Å². The van der Waals surface area contributed by atoms with Crippen LogP contribution in [-0.4, -0.2) is 15.9 Å². The van der Waals surface area contributed by atoms with Crippen molar-refractivity contribution in [3.63, 3.8) is 0 Å². The molecule has 0 aliphatic carbocycles. The van der Waals surface area contributed by atoms with Crippen molar-refractivity contribution in [1.29, 1.82) is 0 Å². The first-order valence-electron chi connectivity index (χ1n) is 6.48. The molecule has 1 aromatic carbocycles.